The number of rotatable bonds is 4. The van der Waals surface area contributed by atoms with Gasteiger partial charge in [0.25, 0.3) is 0 Å². The van der Waals surface area contributed by atoms with E-state index in [0.717, 1.165) is 11.3 Å². The van der Waals surface area contributed by atoms with Gasteiger partial charge in [-0.3, -0.25) is 0 Å². The number of hydrogen-bond donors (Lipinski definition) is 1. The quantitative estimate of drug-likeness (QED) is 0.780. The second-order valence-electron chi connectivity index (χ2n) is 4.47. The molecule has 1 nitrogen and oxygen atoms in total. The Morgan fingerprint density at radius 2 is 1.73 bits per heavy atom. The molecule has 0 fully saturated rings. The highest BCUT2D eigenvalue weighted by atomic mass is 31.1. The lowest BCUT2D eigenvalue weighted by molar-refractivity contribution is 1.02. The van der Waals surface area contributed by atoms with Crippen molar-refractivity contribution in [1.29, 1.82) is 0 Å². The van der Waals surface area contributed by atoms with E-state index >= 15 is 0 Å². The van der Waals surface area contributed by atoms with Gasteiger partial charge in [-0.15, -0.1) is 0 Å². The van der Waals surface area contributed by atoms with E-state index in [0.29, 0.717) is 6.54 Å². The second-order valence-corrected chi connectivity index (χ2v) is 7.87. The van der Waals surface area contributed by atoms with Crippen LogP contribution in [0, 0.1) is 0 Å². The predicted octanol–water partition coefficient (Wildman–Crippen LogP) is 3.07. The van der Waals surface area contributed by atoms with Crippen molar-refractivity contribution in [3.63, 3.8) is 0 Å². The van der Waals surface area contributed by atoms with Gasteiger partial charge in [0.1, 0.15) is 0 Å². The van der Waals surface area contributed by atoms with Crippen LogP contribution in [-0.4, -0.2) is 11.3 Å². The van der Waals surface area contributed by atoms with E-state index in [-0.39, 0.29) is 7.92 Å². The first-order valence-corrected chi connectivity index (χ1v) is 7.11. The van der Waals surface area contributed by atoms with E-state index in [9.17, 15) is 0 Å². The van der Waals surface area contributed by atoms with Gasteiger partial charge in [-0.2, -0.15) is 0 Å². The Bertz CT molecular complexity index is 299. The summed E-state index contributed by atoms with van der Waals surface area (Å²) in [5.41, 5.74) is 8.42. The van der Waals surface area contributed by atoms with Crippen LogP contribution in [0.4, 0.5) is 0 Å². The third-order valence-electron chi connectivity index (χ3n) is 2.56. The fourth-order valence-corrected chi connectivity index (χ4v) is 4.99. The largest absolute Gasteiger partial charge is 0.326 e. The van der Waals surface area contributed by atoms with Crippen LogP contribution in [0.3, 0.4) is 0 Å². The van der Waals surface area contributed by atoms with Gasteiger partial charge in [0.15, 0.2) is 0 Å². The van der Waals surface area contributed by atoms with E-state index < -0.39 is 0 Å². The summed E-state index contributed by atoms with van der Waals surface area (Å²) in [6, 6.07) is 8.78. The van der Waals surface area contributed by atoms with Crippen LogP contribution in [0.25, 0.3) is 0 Å². The molecule has 1 aromatic rings. The minimum atomic E-state index is -0.0512. The Hall–Kier alpha value is -0.390. The van der Waals surface area contributed by atoms with Gasteiger partial charge in [-0.05, 0) is 22.2 Å². The van der Waals surface area contributed by atoms with Crippen molar-refractivity contribution in [2.24, 2.45) is 5.73 Å². The molecule has 0 bridgehead atoms. The topological polar surface area (TPSA) is 26.0 Å². The first-order valence-electron chi connectivity index (χ1n) is 5.63. The zero-order valence-corrected chi connectivity index (χ0v) is 11.1. The third kappa shape index (κ3) is 3.29. The van der Waals surface area contributed by atoms with Gasteiger partial charge in [0.05, 0.1) is 0 Å². The van der Waals surface area contributed by atoms with E-state index in [1.165, 1.54) is 10.9 Å². The molecule has 0 spiro atoms. The van der Waals surface area contributed by atoms with Crippen molar-refractivity contribution < 1.29 is 0 Å². The number of hydrogen-bond acceptors (Lipinski definition) is 1. The molecule has 0 aliphatic carbocycles. The van der Waals surface area contributed by atoms with Crippen LogP contribution >= 0.6 is 7.92 Å². The highest BCUT2D eigenvalue weighted by Crippen LogP contribution is 2.44. The first-order chi connectivity index (χ1) is 7.06. The van der Waals surface area contributed by atoms with E-state index in [1.807, 2.05) is 0 Å². The minimum Gasteiger partial charge on any atom is -0.326 e. The fraction of sp³-hybridized carbons (Fsp3) is 0.538. The van der Waals surface area contributed by atoms with Crippen molar-refractivity contribution in [2.75, 3.05) is 0 Å². The number of benzene rings is 1. The molecule has 0 aliphatic rings. The minimum absolute atomic E-state index is 0.0512. The molecule has 15 heavy (non-hydrogen) atoms. The SMILES string of the molecule is CC(C)P(c1cccc(CN)c1)C(C)C. The average Bonchev–Trinajstić information content (AvgIpc) is 2.17. The van der Waals surface area contributed by atoms with Crippen LogP contribution in [-0.2, 0) is 6.54 Å². The Kier molecular flexibility index (Phi) is 4.76. The molecule has 0 aliphatic heterocycles. The maximum Gasteiger partial charge on any atom is 0.0178 e. The van der Waals surface area contributed by atoms with Crippen LogP contribution < -0.4 is 11.0 Å². The molecular formula is C13H22NP. The normalized spacial score (nSPS) is 11.7. The lowest BCUT2D eigenvalue weighted by atomic mass is 10.2. The molecule has 1 rings (SSSR count). The van der Waals surface area contributed by atoms with Gasteiger partial charge in [0, 0.05) is 6.54 Å². The lowest BCUT2D eigenvalue weighted by Crippen LogP contribution is -2.15. The smallest absolute Gasteiger partial charge is 0.0178 e. The molecule has 0 saturated carbocycles. The van der Waals surface area contributed by atoms with Gasteiger partial charge in [0.2, 0.25) is 0 Å². The number of nitrogens with two attached hydrogens (primary N) is 1. The summed E-state index contributed by atoms with van der Waals surface area (Å²) in [5, 5.41) is 1.50. The average molecular weight is 223 g/mol. The second kappa shape index (κ2) is 5.63. The van der Waals surface area contributed by atoms with Crippen molar-refractivity contribution in [1.82, 2.24) is 0 Å². The van der Waals surface area contributed by atoms with Gasteiger partial charge >= 0.3 is 0 Å². The Morgan fingerprint density at radius 1 is 1.13 bits per heavy atom. The van der Waals surface area contributed by atoms with Crippen molar-refractivity contribution >= 4 is 13.2 Å². The summed E-state index contributed by atoms with van der Waals surface area (Å²) in [5.74, 6) is 0. The summed E-state index contributed by atoms with van der Waals surface area (Å²) in [7, 11) is -0.0512. The van der Waals surface area contributed by atoms with Crippen molar-refractivity contribution in [3.8, 4) is 0 Å². The van der Waals surface area contributed by atoms with Crippen molar-refractivity contribution in [3.05, 3.63) is 29.8 Å². The molecule has 2 N–H and O–H groups in total. The monoisotopic (exact) mass is 223 g/mol. The van der Waals surface area contributed by atoms with Crippen LogP contribution in [0.15, 0.2) is 24.3 Å². The molecular weight excluding hydrogens is 201 g/mol. The molecule has 0 aromatic heterocycles. The Morgan fingerprint density at radius 3 is 2.20 bits per heavy atom. The molecule has 0 heterocycles. The zero-order chi connectivity index (χ0) is 11.4. The maximum atomic E-state index is 5.68. The van der Waals surface area contributed by atoms with Gasteiger partial charge < -0.3 is 5.73 Å². The highest BCUT2D eigenvalue weighted by Gasteiger charge is 2.18. The summed E-state index contributed by atoms with van der Waals surface area (Å²) in [6.07, 6.45) is 0. The molecule has 0 amide bonds. The van der Waals surface area contributed by atoms with Crippen LogP contribution in [0.2, 0.25) is 0 Å². The van der Waals surface area contributed by atoms with Crippen LogP contribution in [0.1, 0.15) is 33.3 Å². The van der Waals surface area contributed by atoms with Gasteiger partial charge in [-0.1, -0.05) is 59.9 Å². The Balaban J connectivity index is 3.00. The first kappa shape index (κ1) is 12.7. The standard InChI is InChI=1S/C13H22NP/c1-10(2)15(11(3)4)13-7-5-6-12(8-13)9-14/h5-8,10-11H,9,14H2,1-4H3. The van der Waals surface area contributed by atoms with E-state index in [1.54, 1.807) is 0 Å². The summed E-state index contributed by atoms with van der Waals surface area (Å²) in [6.45, 7) is 9.93. The third-order valence-corrected chi connectivity index (χ3v) is 5.66. The molecule has 0 atom stereocenters. The Labute approximate surface area is 94.8 Å². The molecule has 0 radical (unpaired) electrons. The maximum absolute atomic E-state index is 5.68. The van der Waals surface area contributed by atoms with Gasteiger partial charge in [-0.25, -0.2) is 0 Å². The lowest BCUT2D eigenvalue weighted by Gasteiger charge is -2.26. The summed E-state index contributed by atoms with van der Waals surface area (Å²) >= 11 is 0. The summed E-state index contributed by atoms with van der Waals surface area (Å²) in [4.78, 5) is 0. The zero-order valence-electron chi connectivity index (χ0n) is 10.2. The highest BCUT2D eigenvalue weighted by molar-refractivity contribution is 7.66. The van der Waals surface area contributed by atoms with E-state index in [2.05, 4.69) is 52.0 Å². The molecule has 0 saturated heterocycles. The predicted molar refractivity (Wildman–Crippen MR) is 71.2 cm³/mol. The molecule has 0 unspecified atom stereocenters. The molecule has 2 heteroatoms. The van der Waals surface area contributed by atoms with Crippen LogP contribution in [0.5, 0.6) is 0 Å². The molecule has 84 valence electrons. The van der Waals surface area contributed by atoms with E-state index in [4.69, 9.17) is 5.73 Å². The van der Waals surface area contributed by atoms with Crippen molar-refractivity contribution in [2.45, 2.75) is 45.6 Å². The summed E-state index contributed by atoms with van der Waals surface area (Å²) < 4.78 is 0. The molecule has 1 aromatic carbocycles. The fourth-order valence-electron chi connectivity index (χ4n) is 2.04.